The molecule has 5 heteroatoms. The van der Waals surface area contributed by atoms with Gasteiger partial charge < -0.3 is 5.32 Å². The highest BCUT2D eigenvalue weighted by atomic mass is 16.7. The lowest BCUT2D eigenvalue weighted by Gasteiger charge is -2.30. The topological polar surface area (TPSA) is 58.6 Å². The molecule has 0 saturated heterocycles. The van der Waals surface area contributed by atoms with Crippen LogP contribution in [0.2, 0.25) is 0 Å². The summed E-state index contributed by atoms with van der Waals surface area (Å²) < 4.78 is 0. The Morgan fingerprint density at radius 3 is 2.18 bits per heavy atom. The van der Waals surface area contributed by atoms with Gasteiger partial charge in [0, 0.05) is 38.4 Å². The lowest BCUT2D eigenvalue weighted by Crippen LogP contribution is -2.37. The maximum absolute atomic E-state index is 12.6. The first kappa shape index (κ1) is 27.1. The molecule has 5 nitrogen and oxygen atoms in total. The molecule has 0 radical (unpaired) electrons. The van der Waals surface area contributed by atoms with Gasteiger partial charge in [-0.2, -0.15) is 5.06 Å². The van der Waals surface area contributed by atoms with Crippen LogP contribution < -0.4 is 5.32 Å². The van der Waals surface area contributed by atoms with Crippen molar-refractivity contribution < 1.29 is 14.4 Å². The summed E-state index contributed by atoms with van der Waals surface area (Å²) in [5.41, 5.74) is -0.0101. The number of rotatable bonds is 15. The fourth-order valence-electron chi connectivity index (χ4n) is 3.21. The third-order valence-electron chi connectivity index (χ3n) is 5.59. The van der Waals surface area contributed by atoms with Crippen molar-refractivity contribution in [3.63, 3.8) is 0 Å². The van der Waals surface area contributed by atoms with Crippen LogP contribution in [0.3, 0.4) is 0 Å². The van der Waals surface area contributed by atoms with E-state index in [0.717, 1.165) is 25.7 Å². The lowest BCUT2D eigenvalue weighted by atomic mass is 9.77. The van der Waals surface area contributed by atoms with E-state index in [2.05, 4.69) is 46.9 Å². The summed E-state index contributed by atoms with van der Waals surface area (Å²) in [4.78, 5) is 30.4. The predicted molar refractivity (Wildman–Crippen MR) is 117 cm³/mol. The third kappa shape index (κ3) is 11.8. The number of ketones is 1. The van der Waals surface area contributed by atoms with E-state index < -0.39 is 0 Å². The second-order valence-corrected chi connectivity index (χ2v) is 10.0. The molecule has 0 spiro atoms. The number of Topliss-reactive ketones (excluding diaryl/α,β-unsaturated/α-hetero) is 1. The molecule has 166 valence electrons. The summed E-state index contributed by atoms with van der Waals surface area (Å²) in [6, 6.07) is 0. The minimum absolute atomic E-state index is 0.0563. The van der Waals surface area contributed by atoms with E-state index in [0.29, 0.717) is 31.9 Å². The maximum atomic E-state index is 12.6. The van der Waals surface area contributed by atoms with Crippen LogP contribution in [0.4, 0.5) is 0 Å². The minimum atomic E-state index is -0.213. The van der Waals surface area contributed by atoms with E-state index in [1.807, 2.05) is 20.9 Å². The van der Waals surface area contributed by atoms with E-state index >= 15 is 0 Å². The Hall–Kier alpha value is -0.940. The molecule has 2 atom stereocenters. The summed E-state index contributed by atoms with van der Waals surface area (Å²) in [6.07, 6.45) is 4.45. The van der Waals surface area contributed by atoms with Crippen LogP contribution >= 0.6 is 0 Å². The lowest BCUT2D eigenvalue weighted by molar-refractivity contribution is -0.165. The van der Waals surface area contributed by atoms with Gasteiger partial charge in [-0.05, 0) is 23.7 Å². The smallest absolute Gasteiger partial charge is 0.222 e. The molecule has 1 N–H and O–H groups in total. The first-order valence-corrected chi connectivity index (χ1v) is 11.0. The van der Waals surface area contributed by atoms with Crippen LogP contribution in [0.5, 0.6) is 0 Å². The summed E-state index contributed by atoms with van der Waals surface area (Å²) >= 11 is 0. The van der Waals surface area contributed by atoms with E-state index in [1.165, 1.54) is 0 Å². The van der Waals surface area contributed by atoms with Gasteiger partial charge in [0.25, 0.3) is 0 Å². The molecule has 0 aromatic heterocycles. The Balaban J connectivity index is 4.26. The minimum Gasteiger partial charge on any atom is -0.354 e. The number of hydroxylamine groups is 2. The van der Waals surface area contributed by atoms with Crippen LogP contribution in [0, 0.1) is 22.7 Å². The monoisotopic (exact) mass is 398 g/mol. The number of nitrogens with one attached hydrogen (secondary N) is 1. The molecule has 0 aliphatic heterocycles. The van der Waals surface area contributed by atoms with Crippen LogP contribution in [-0.4, -0.2) is 43.5 Å². The molecule has 28 heavy (non-hydrogen) atoms. The third-order valence-corrected chi connectivity index (χ3v) is 5.59. The van der Waals surface area contributed by atoms with Crippen LogP contribution in [0.25, 0.3) is 0 Å². The summed E-state index contributed by atoms with van der Waals surface area (Å²) in [5.74, 6) is 0.549. The highest BCUT2D eigenvalue weighted by molar-refractivity contribution is 5.81. The Morgan fingerprint density at radius 1 is 1.04 bits per heavy atom. The van der Waals surface area contributed by atoms with Crippen LogP contribution in [0.15, 0.2) is 0 Å². The molecule has 0 rings (SSSR count). The van der Waals surface area contributed by atoms with Gasteiger partial charge in [0.05, 0.1) is 6.61 Å². The largest absolute Gasteiger partial charge is 0.354 e. The first-order valence-electron chi connectivity index (χ1n) is 11.0. The van der Waals surface area contributed by atoms with Gasteiger partial charge >= 0.3 is 0 Å². The number of carbonyl (C=O) groups excluding carboxylic acids is 2. The second kappa shape index (κ2) is 12.6. The molecular formula is C23H46N2O3. The van der Waals surface area contributed by atoms with Crippen molar-refractivity contribution in [2.75, 3.05) is 26.7 Å². The van der Waals surface area contributed by atoms with Gasteiger partial charge in [-0.3, -0.25) is 14.4 Å². The highest BCUT2D eigenvalue weighted by Gasteiger charge is 2.29. The number of carbonyl (C=O) groups is 2. The zero-order valence-electron chi connectivity index (χ0n) is 20.0. The molecule has 0 aliphatic carbocycles. The fraction of sp³-hybridized carbons (Fsp3) is 0.913. The number of nitrogens with zero attached hydrogens (tertiary/aromatic N) is 1. The molecular weight excluding hydrogens is 352 g/mol. The fourth-order valence-corrected chi connectivity index (χ4v) is 3.21. The molecule has 2 unspecified atom stereocenters. The van der Waals surface area contributed by atoms with Crippen molar-refractivity contribution in [2.45, 2.75) is 87.5 Å². The van der Waals surface area contributed by atoms with Gasteiger partial charge in [-0.25, -0.2) is 0 Å². The first-order chi connectivity index (χ1) is 12.8. The summed E-state index contributed by atoms with van der Waals surface area (Å²) in [5, 5.41) is 4.71. The van der Waals surface area contributed by atoms with Crippen molar-refractivity contribution in [1.29, 1.82) is 0 Å². The second-order valence-electron chi connectivity index (χ2n) is 10.0. The van der Waals surface area contributed by atoms with Gasteiger partial charge in [0.15, 0.2) is 0 Å². The molecule has 1 amide bonds. The van der Waals surface area contributed by atoms with Crippen LogP contribution in [0.1, 0.15) is 87.5 Å². The van der Waals surface area contributed by atoms with Crippen molar-refractivity contribution in [1.82, 2.24) is 10.4 Å². The standard InChI is InChI=1S/C23H46N2O3/c1-10-12-18(3)21(27)24-13-14-25(9)28-17-23(7,8)16-20(26)19(4)15-22(5,6)11-2/h18-19H,10-17H2,1-9H3,(H,24,27). The normalized spacial score (nSPS) is 14.8. The molecule has 0 aromatic rings. The summed E-state index contributed by atoms with van der Waals surface area (Å²) in [6.45, 7) is 18.5. The number of hydrogen-bond donors (Lipinski definition) is 1. The Labute approximate surface area is 173 Å². The van der Waals surface area contributed by atoms with Gasteiger partial charge in [0.2, 0.25) is 5.91 Å². The van der Waals surface area contributed by atoms with Crippen molar-refractivity contribution in [3.05, 3.63) is 0 Å². The highest BCUT2D eigenvalue weighted by Crippen LogP contribution is 2.32. The SMILES string of the molecule is CCCC(C)C(=O)NCCN(C)OCC(C)(C)CC(=O)C(C)CC(C)(C)CC. The van der Waals surface area contributed by atoms with Crippen molar-refractivity contribution >= 4 is 11.7 Å². The number of amides is 1. The zero-order valence-corrected chi connectivity index (χ0v) is 20.0. The average Bonchev–Trinajstić information content (AvgIpc) is 2.59. The van der Waals surface area contributed by atoms with E-state index in [1.54, 1.807) is 5.06 Å². The van der Waals surface area contributed by atoms with E-state index in [-0.39, 0.29) is 28.6 Å². The number of likely N-dealkylation sites (N-methyl/N-ethyl adjacent to an activating group) is 1. The molecule has 0 bridgehead atoms. The molecule has 0 saturated carbocycles. The van der Waals surface area contributed by atoms with Crippen molar-refractivity contribution in [2.24, 2.45) is 22.7 Å². The molecule has 0 heterocycles. The van der Waals surface area contributed by atoms with Crippen molar-refractivity contribution in [3.8, 4) is 0 Å². The van der Waals surface area contributed by atoms with E-state index in [9.17, 15) is 9.59 Å². The molecule has 0 fully saturated rings. The Morgan fingerprint density at radius 2 is 1.64 bits per heavy atom. The Bertz CT molecular complexity index is 474. The molecule has 0 aromatic carbocycles. The Kier molecular flexibility index (Phi) is 12.2. The van der Waals surface area contributed by atoms with Crippen LogP contribution in [-0.2, 0) is 14.4 Å². The van der Waals surface area contributed by atoms with Gasteiger partial charge in [0.1, 0.15) is 5.78 Å². The van der Waals surface area contributed by atoms with E-state index in [4.69, 9.17) is 4.84 Å². The quantitative estimate of drug-likeness (QED) is 0.401. The zero-order chi connectivity index (χ0) is 22.0. The molecule has 0 aliphatic rings. The van der Waals surface area contributed by atoms with Gasteiger partial charge in [-0.1, -0.05) is 68.2 Å². The van der Waals surface area contributed by atoms with Gasteiger partial charge in [-0.15, -0.1) is 0 Å². The average molecular weight is 399 g/mol. The summed E-state index contributed by atoms with van der Waals surface area (Å²) in [7, 11) is 1.87. The number of hydrogen-bond acceptors (Lipinski definition) is 4. The maximum Gasteiger partial charge on any atom is 0.222 e. The predicted octanol–water partition coefficient (Wildman–Crippen LogP) is 4.85.